The lowest BCUT2D eigenvalue weighted by Gasteiger charge is -1.99. The first-order valence-corrected chi connectivity index (χ1v) is 6.44. The van der Waals surface area contributed by atoms with Crippen LogP contribution >= 0.6 is 0 Å². The molecule has 1 aliphatic rings. The minimum atomic E-state index is -0.478. The topological polar surface area (TPSA) is 96.0 Å². The Bertz CT molecular complexity index is 667. The predicted octanol–water partition coefficient (Wildman–Crippen LogP) is 2.34. The summed E-state index contributed by atoms with van der Waals surface area (Å²) in [5, 5.41) is 22.5. The molecule has 1 aliphatic carbocycles. The third kappa shape index (κ3) is 4.01. The van der Waals surface area contributed by atoms with Gasteiger partial charge in [0.15, 0.2) is 0 Å². The van der Waals surface area contributed by atoms with E-state index in [9.17, 15) is 14.9 Å². The number of benzene rings is 1. The number of allylic oxidation sites excluding steroid dienone is 2. The molecule has 0 saturated heterocycles. The molecule has 0 unspecified atom stereocenters. The Labute approximate surface area is 121 Å². The maximum atomic E-state index is 11.7. The zero-order valence-corrected chi connectivity index (χ0v) is 11.2. The summed E-state index contributed by atoms with van der Waals surface area (Å²) in [7, 11) is 0. The number of para-hydroxylation sites is 1. The zero-order chi connectivity index (χ0) is 15.2. The number of nitrogens with one attached hydrogen (secondary N) is 1. The van der Waals surface area contributed by atoms with Crippen LogP contribution in [0.25, 0.3) is 6.08 Å². The van der Waals surface area contributed by atoms with Crippen molar-refractivity contribution in [1.29, 1.82) is 5.26 Å². The molecule has 0 radical (unpaired) electrons. The Hall–Kier alpha value is -2.94. The molecule has 1 aromatic carbocycles. The summed E-state index contributed by atoms with van der Waals surface area (Å²) >= 11 is 0. The number of nitro benzene ring substituents is 1. The molecule has 0 bridgehead atoms. The van der Waals surface area contributed by atoms with E-state index in [0.29, 0.717) is 5.56 Å². The zero-order valence-electron chi connectivity index (χ0n) is 11.2. The van der Waals surface area contributed by atoms with E-state index in [2.05, 4.69) is 5.32 Å². The largest absolute Gasteiger partial charge is 0.349 e. The molecule has 0 atom stereocenters. The van der Waals surface area contributed by atoms with Gasteiger partial charge in [0.05, 0.1) is 10.5 Å². The first-order valence-electron chi connectivity index (χ1n) is 6.44. The van der Waals surface area contributed by atoms with Gasteiger partial charge >= 0.3 is 0 Å². The summed E-state index contributed by atoms with van der Waals surface area (Å²) < 4.78 is 0. The normalized spacial score (nSPS) is 14.7. The fourth-order valence-electron chi connectivity index (χ4n) is 1.70. The van der Waals surface area contributed by atoms with Crippen LogP contribution in [0.2, 0.25) is 0 Å². The van der Waals surface area contributed by atoms with Crippen LogP contribution in [0.3, 0.4) is 0 Å². The molecular formula is C15H13N3O3. The van der Waals surface area contributed by atoms with Gasteiger partial charge in [0.2, 0.25) is 0 Å². The van der Waals surface area contributed by atoms with Crippen molar-refractivity contribution in [2.45, 2.75) is 18.9 Å². The molecule has 21 heavy (non-hydrogen) atoms. The Morgan fingerprint density at radius 1 is 1.43 bits per heavy atom. The van der Waals surface area contributed by atoms with E-state index in [1.165, 1.54) is 24.3 Å². The highest BCUT2D eigenvalue weighted by molar-refractivity contribution is 5.98. The number of amides is 1. The smallest absolute Gasteiger partial charge is 0.276 e. The number of nitrogens with zero attached hydrogens (tertiary/aromatic N) is 2. The highest BCUT2D eigenvalue weighted by atomic mass is 16.6. The summed E-state index contributed by atoms with van der Waals surface area (Å²) in [5.74, 6) is -0.410. The second kappa shape index (κ2) is 6.48. The minimum absolute atomic E-state index is 0.0169. The number of hydrogen-bond acceptors (Lipinski definition) is 4. The van der Waals surface area contributed by atoms with Crippen molar-refractivity contribution in [1.82, 2.24) is 5.32 Å². The molecule has 1 saturated carbocycles. The number of carbonyl (C=O) groups is 1. The quantitative estimate of drug-likeness (QED) is 0.295. The van der Waals surface area contributed by atoms with E-state index >= 15 is 0 Å². The Morgan fingerprint density at radius 3 is 2.76 bits per heavy atom. The maximum Gasteiger partial charge on any atom is 0.276 e. The third-order valence-electron chi connectivity index (χ3n) is 2.95. The summed E-state index contributed by atoms with van der Waals surface area (Å²) in [4.78, 5) is 22.1. The van der Waals surface area contributed by atoms with E-state index in [4.69, 9.17) is 5.26 Å². The molecule has 2 rings (SSSR count). The predicted molar refractivity (Wildman–Crippen MR) is 77.0 cm³/mol. The molecule has 0 aliphatic heterocycles. The highest BCUT2D eigenvalue weighted by Crippen LogP contribution is 2.20. The van der Waals surface area contributed by atoms with Gasteiger partial charge in [-0.3, -0.25) is 14.9 Å². The number of hydrogen-bond donors (Lipinski definition) is 1. The van der Waals surface area contributed by atoms with Crippen molar-refractivity contribution in [2.75, 3.05) is 0 Å². The summed E-state index contributed by atoms with van der Waals surface area (Å²) in [6.45, 7) is 0. The van der Waals surface area contributed by atoms with Crippen LogP contribution in [0.15, 0.2) is 42.0 Å². The molecular weight excluding hydrogens is 270 g/mol. The first-order chi connectivity index (χ1) is 10.1. The number of nitro groups is 1. The molecule has 0 heterocycles. The summed E-state index contributed by atoms with van der Waals surface area (Å²) in [5.41, 5.74) is 0.374. The van der Waals surface area contributed by atoms with Crippen molar-refractivity contribution >= 4 is 17.7 Å². The molecule has 106 valence electrons. The molecule has 0 spiro atoms. The molecule has 1 fully saturated rings. The van der Waals surface area contributed by atoms with E-state index in [1.807, 2.05) is 6.07 Å². The van der Waals surface area contributed by atoms with Gasteiger partial charge in [-0.05, 0) is 31.1 Å². The van der Waals surface area contributed by atoms with Crippen molar-refractivity contribution in [2.24, 2.45) is 0 Å². The molecule has 1 aromatic rings. The first kappa shape index (κ1) is 14.5. The van der Waals surface area contributed by atoms with Gasteiger partial charge in [-0.25, -0.2) is 0 Å². The standard InChI is InChI=1S/C15H13N3O3/c16-10-12(15(19)17-13-8-9-13)6-3-5-11-4-1-2-7-14(11)18(20)21/h1-7,13H,8-9H2,(H,17,19)/b5-3+,12-6+. The van der Waals surface area contributed by atoms with Crippen LogP contribution in [0.4, 0.5) is 5.69 Å². The van der Waals surface area contributed by atoms with Crippen molar-refractivity contribution in [3.63, 3.8) is 0 Å². The van der Waals surface area contributed by atoms with Crippen LogP contribution in [-0.2, 0) is 4.79 Å². The second-order valence-electron chi connectivity index (χ2n) is 4.61. The van der Waals surface area contributed by atoms with Crippen LogP contribution in [-0.4, -0.2) is 16.9 Å². The van der Waals surface area contributed by atoms with Crippen LogP contribution in [0.1, 0.15) is 18.4 Å². The van der Waals surface area contributed by atoms with E-state index < -0.39 is 10.8 Å². The molecule has 0 aromatic heterocycles. The van der Waals surface area contributed by atoms with Crippen molar-refractivity contribution < 1.29 is 9.72 Å². The van der Waals surface area contributed by atoms with Gasteiger partial charge in [-0.2, -0.15) is 5.26 Å². The number of rotatable bonds is 5. The fourth-order valence-corrected chi connectivity index (χ4v) is 1.70. The third-order valence-corrected chi connectivity index (χ3v) is 2.95. The summed E-state index contributed by atoms with van der Waals surface area (Å²) in [6, 6.07) is 8.25. The average Bonchev–Trinajstić information content (AvgIpc) is 3.27. The second-order valence-corrected chi connectivity index (χ2v) is 4.61. The lowest BCUT2D eigenvalue weighted by molar-refractivity contribution is -0.385. The van der Waals surface area contributed by atoms with Crippen LogP contribution in [0.5, 0.6) is 0 Å². The molecule has 6 heteroatoms. The van der Waals surface area contributed by atoms with Gasteiger partial charge in [-0.15, -0.1) is 0 Å². The monoisotopic (exact) mass is 283 g/mol. The van der Waals surface area contributed by atoms with E-state index in [0.717, 1.165) is 12.8 Å². The molecule has 1 amide bonds. The fraction of sp³-hybridized carbons (Fsp3) is 0.200. The SMILES string of the molecule is N#C/C(=C\C=C\c1ccccc1[N+](=O)[O-])C(=O)NC1CC1. The Morgan fingerprint density at radius 2 is 2.14 bits per heavy atom. The Balaban J connectivity index is 2.12. The highest BCUT2D eigenvalue weighted by Gasteiger charge is 2.24. The average molecular weight is 283 g/mol. The van der Waals surface area contributed by atoms with Gasteiger partial charge in [-0.1, -0.05) is 18.2 Å². The van der Waals surface area contributed by atoms with Crippen LogP contribution in [0, 0.1) is 21.4 Å². The van der Waals surface area contributed by atoms with Gasteiger partial charge in [0.25, 0.3) is 11.6 Å². The maximum absolute atomic E-state index is 11.7. The molecule has 6 nitrogen and oxygen atoms in total. The number of carbonyl (C=O) groups excluding carboxylic acids is 1. The van der Waals surface area contributed by atoms with Crippen molar-refractivity contribution in [3.05, 3.63) is 57.7 Å². The van der Waals surface area contributed by atoms with Gasteiger partial charge < -0.3 is 5.32 Å². The lowest BCUT2D eigenvalue weighted by atomic mass is 10.1. The van der Waals surface area contributed by atoms with E-state index in [1.54, 1.807) is 18.2 Å². The lowest BCUT2D eigenvalue weighted by Crippen LogP contribution is -2.26. The summed E-state index contributed by atoms with van der Waals surface area (Å²) in [6.07, 6.45) is 6.20. The number of nitriles is 1. The van der Waals surface area contributed by atoms with Gasteiger partial charge in [0, 0.05) is 12.1 Å². The van der Waals surface area contributed by atoms with Gasteiger partial charge in [0.1, 0.15) is 11.6 Å². The minimum Gasteiger partial charge on any atom is -0.349 e. The van der Waals surface area contributed by atoms with Crippen LogP contribution < -0.4 is 5.32 Å². The Kier molecular flexibility index (Phi) is 4.46. The van der Waals surface area contributed by atoms with Crippen molar-refractivity contribution in [3.8, 4) is 6.07 Å². The van der Waals surface area contributed by atoms with E-state index in [-0.39, 0.29) is 17.3 Å². The molecule has 1 N–H and O–H groups in total.